The van der Waals surface area contributed by atoms with E-state index in [1.165, 1.54) is 11.1 Å². The summed E-state index contributed by atoms with van der Waals surface area (Å²) in [6.45, 7) is 4.24. The molecule has 0 radical (unpaired) electrons. The predicted octanol–water partition coefficient (Wildman–Crippen LogP) is 3.45. The molecule has 3 nitrogen and oxygen atoms in total. The second-order valence-corrected chi connectivity index (χ2v) is 6.11. The number of piperidine rings is 1. The monoisotopic (exact) mass is 289 g/mol. The van der Waals surface area contributed by atoms with Crippen molar-refractivity contribution in [2.24, 2.45) is 11.7 Å². The standard InChI is InChI=1S/C16H20ClN3/c1-11(18)12-5-8-20(9-6-12)16-4-7-19-15-10-13(17)2-3-14(15)16/h2-4,7,10-12H,5-6,8-9,18H2,1H3. The zero-order valence-corrected chi connectivity index (χ0v) is 12.5. The van der Waals surface area contributed by atoms with Crippen LogP contribution in [0.5, 0.6) is 0 Å². The lowest BCUT2D eigenvalue weighted by Gasteiger charge is -2.35. The Balaban J connectivity index is 1.88. The summed E-state index contributed by atoms with van der Waals surface area (Å²) in [5.74, 6) is 0.647. The van der Waals surface area contributed by atoms with Crippen LogP contribution in [0.2, 0.25) is 5.02 Å². The van der Waals surface area contributed by atoms with Gasteiger partial charge in [-0.3, -0.25) is 4.98 Å². The van der Waals surface area contributed by atoms with Gasteiger partial charge in [-0.15, -0.1) is 0 Å². The maximum absolute atomic E-state index is 6.04. The van der Waals surface area contributed by atoms with E-state index in [4.69, 9.17) is 17.3 Å². The Morgan fingerprint density at radius 1 is 1.30 bits per heavy atom. The summed E-state index contributed by atoms with van der Waals surface area (Å²) in [5, 5.41) is 1.91. The highest BCUT2D eigenvalue weighted by atomic mass is 35.5. The highest BCUT2D eigenvalue weighted by molar-refractivity contribution is 6.31. The summed E-state index contributed by atoms with van der Waals surface area (Å²) >= 11 is 6.04. The van der Waals surface area contributed by atoms with E-state index in [0.717, 1.165) is 36.5 Å². The van der Waals surface area contributed by atoms with E-state index in [2.05, 4.69) is 28.9 Å². The molecule has 1 aliphatic heterocycles. The Kier molecular flexibility index (Phi) is 3.81. The van der Waals surface area contributed by atoms with Crippen molar-refractivity contribution >= 4 is 28.2 Å². The van der Waals surface area contributed by atoms with Gasteiger partial charge in [0, 0.05) is 41.4 Å². The van der Waals surface area contributed by atoms with E-state index in [1.54, 1.807) is 0 Å². The average molecular weight is 290 g/mol. The van der Waals surface area contributed by atoms with Crippen molar-refractivity contribution in [2.45, 2.75) is 25.8 Å². The van der Waals surface area contributed by atoms with Gasteiger partial charge in [0.2, 0.25) is 0 Å². The number of hydrogen-bond donors (Lipinski definition) is 1. The third kappa shape index (κ3) is 2.60. The molecule has 1 aromatic heterocycles. The Bertz CT molecular complexity index is 604. The molecule has 0 amide bonds. The molecule has 20 heavy (non-hydrogen) atoms. The van der Waals surface area contributed by atoms with Crippen LogP contribution in [0.1, 0.15) is 19.8 Å². The van der Waals surface area contributed by atoms with Crippen LogP contribution in [-0.2, 0) is 0 Å². The van der Waals surface area contributed by atoms with Crippen molar-refractivity contribution in [3.63, 3.8) is 0 Å². The number of hydrogen-bond acceptors (Lipinski definition) is 3. The lowest BCUT2D eigenvalue weighted by Crippen LogP contribution is -2.39. The minimum atomic E-state index is 0.296. The number of nitrogens with two attached hydrogens (primary N) is 1. The van der Waals surface area contributed by atoms with Crippen molar-refractivity contribution in [3.05, 3.63) is 35.5 Å². The van der Waals surface area contributed by atoms with Gasteiger partial charge in [-0.1, -0.05) is 11.6 Å². The smallest absolute Gasteiger partial charge is 0.0737 e. The summed E-state index contributed by atoms with van der Waals surface area (Å²) in [7, 11) is 0. The fourth-order valence-electron chi connectivity index (χ4n) is 3.05. The van der Waals surface area contributed by atoms with Gasteiger partial charge < -0.3 is 10.6 Å². The van der Waals surface area contributed by atoms with Gasteiger partial charge in [0.15, 0.2) is 0 Å². The average Bonchev–Trinajstić information content (AvgIpc) is 2.46. The number of pyridine rings is 1. The van der Waals surface area contributed by atoms with Crippen LogP contribution < -0.4 is 10.6 Å². The topological polar surface area (TPSA) is 42.1 Å². The van der Waals surface area contributed by atoms with Crippen LogP contribution in [-0.4, -0.2) is 24.1 Å². The molecule has 0 saturated carbocycles. The van der Waals surface area contributed by atoms with Gasteiger partial charge in [-0.25, -0.2) is 0 Å². The van der Waals surface area contributed by atoms with Crippen molar-refractivity contribution < 1.29 is 0 Å². The SMILES string of the molecule is CC(N)C1CCN(c2ccnc3cc(Cl)ccc23)CC1. The van der Waals surface area contributed by atoms with E-state index in [1.807, 2.05) is 18.3 Å². The van der Waals surface area contributed by atoms with Crippen molar-refractivity contribution in [1.82, 2.24) is 4.98 Å². The van der Waals surface area contributed by atoms with Gasteiger partial charge >= 0.3 is 0 Å². The number of aromatic nitrogens is 1. The number of rotatable bonds is 2. The molecule has 2 N–H and O–H groups in total. The van der Waals surface area contributed by atoms with Crippen LogP contribution in [0, 0.1) is 5.92 Å². The largest absolute Gasteiger partial charge is 0.371 e. The van der Waals surface area contributed by atoms with Gasteiger partial charge in [-0.2, -0.15) is 0 Å². The molecule has 2 heterocycles. The lowest BCUT2D eigenvalue weighted by atomic mass is 9.90. The predicted molar refractivity (Wildman–Crippen MR) is 85.3 cm³/mol. The molecule has 1 atom stereocenters. The maximum Gasteiger partial charge on any atom is 0.0737 e. The van der Waals surface area contributed by atoms with E-state index >= 15 is 0 Å². The summed E-state index contributed by atoms with van der Waals surface area (Å²) in [4.78, 5) is 6.85. The van der Waals surface area contributed by atoms with Crippen LogP contribution in [0.15, 0.2) is 30.5 Å². The first-order chi connectivity index (χ1) is 9.65. The molecule has 1 unspecified atom stereocenters. The van der Waals surface area contributed by atoms with E-state index in [0.29, 0.717) is 12.0 Å². The van der Waals surface area contributed by atoms with Crippen LogP contribution in [0.3, 0.4) is 0 Å². The highest BCUT2D eigenvalue weighted by Crippen LogP contribution is 2.31. The fraction of sp³-hybridized carbons (Fsp3) is 0.438. The Hall–Kier alpha value is -1.32. The van der Waals surface area contributed by atoms with E-state index < -0.39 is 0 Å². The second-order valence-electron chi connectivity index (χ2n) is 5.68. The molecule has 2 aromatic rings. The molecule has 1 saturated heterocycles. The van der Waals surface area contributed by atoms with Crippen molar-refractivity contribution in [1.29, 1.82) is 0 Å². The number of halogens is 1. The second kappa shape index (κ2) is 5.58. The Morgan fingerprint density at radius 2 is 2.05 bits per heavy atom. The molecule has 0 spiro atoms. The minimum absolute atomic E-state index is 0.296. The zero-order valence-electron chi connectivity index (χ0n) is 11.7. The maximum atomic E-state index is 6.04. The van der Waals surface area contributed by atoms with Crippen molar-refractivity contribution in [3.8, 4) is 0 Å². The zero-order chi connectivity index (χ0) is 14.1. The Morgan fingerprint density at radius 3 is 2.75 bits per heavy atom. The number of fused-ring (bicyclic) bond motifs is 1. The lowest BCUT2D eigenvalue weighted by molar-refractivity contribution is 0.355. The van der Waals surface area contributed by atoms with E-state index in [-0.39, 0.29) is 0 Å². The highest BCUT2D eigenvalue weighted by Gasteiger charge is 2.22. The normalized spacial score (nSPS) is 18.4. The summed E-state index contributed by atoms with van der Waals surface area (Å²) in [5.41, 5.74) is 8.24. The molecule has 3 rings (SSSR count). The third-order valence-corrected chi connectivity index (χ3v) is 4.54. The molecule has 0 aliphatic carbocycles. The van der Waals surface area contributed by atoms with Crippen molar-refractivity contribution in [2.75, 3.05) is 18.0 Å². The number of anilines is 1. The molecular weight excluding hydrogens is 270 g/mol. The molecule has 1 fully saturated rings. The molecular formula is C16H20ClN3. The Labute approximate surface area is 124 Å². The van der Waals surface area contributed by atoms with Crippen LogP contribution in [0.25, 0.3) is 10.9 Å². The molecule has 106 valence electrons. The summed E-state index contributed by atoms with van der Waals surface area (Å²) in [6.07, 6.45) is 4.19. The van der Waals surface area contributed by atoms with Crippen LogP contribution in [0.4, 0.5) is 5.69 Å². The molecule has 4 heteroatoms. The fourth-order valence-corrected chi connectivity index (χ4v) is 3.21. The van der Waals surface area contributed by atoms with Gasteiger partial charge in [0.25, 0.3) is 0 Å². The first-order valence-electron chi connectivity index (χ1n) is 7.20. The first-order valence-corrected chi connectivity index (χ1v) is 7.58. The minimum Gasteiger partial charge on any atom is -0.371 e. The third-order valence-electron chi connectivity index (χ3n) is 4.31. The molecule has 1 aromatic carbocycles. The van der Waals surface area contributed by atoms with Gasteiger partial charge in [-0.05, 0) is 49.9 Å². The molecule has 1 aliphatic rings. The molecule has 0 bridgehead atoms. The number of benzene rings is 1. The summed E-state index contributed by atoms with van der Waals surface area (Å²) in [6, 6.07) is 8.32. The summed E-state index contributed by atoms with van der Waals surface area (Å²) < 4.78 is 0. The quantitative estimate of drug-likeness (QED) is 0.921. The van der Waals surface area contributed by atoms with E-state index in [9.17, 15) is 0 Å². The number of nitrogens with zero attached hydrogens (tertiary/aromatic N) is 2. The van der Waals surface area contributed by atoms with Gasteiger partial charge in [0.1, 0.15) is 0 Å². The first kappa shape index (κ1) is 13.7. The van der Waals surface area contributed by atoms with Crippen LogP contribution >= 0.6 is 11.6 Å². The van der Waals surface area contributed by atoms with Gasteiger partial charge in [0.05, 0.1) is 5.52 Å².